The van der Waals surface area contributed by atoms with Crippen molar-refractivity contribution in [2.45, 2.75) is 38.1 Å². The number of nitrogens with one attached hydrogen (secondary N) is 2. The normalized spacial score (nSPS) is 22.2. The van der Waals surface area contributed by atoms with E-state index in [4.69, 9.17) is 4.98 Å². The van der Waals surface area contributed by atoms with Gasteiger partial charge in [-0.05, 0) is 62.9 Å². The number of carbonyl (C=O) groups is 1. The molecule has 4 nitrogen and oxygen atoms in total. The van der Waals surface area contributed by atoms with Crippen molar-refractivity contribution in [3.8, 4) is 10.6 Å². The van der Waals surface area contributed by atoms with Crippen molar-refractivity contribution in [2.24, 2.45) is 5.92 Å². The molecule has 2 aromatic rings. The maximum atomic E-state index is 13.1. The van der Waals surface area contributed by atoms with Crippen LogP contribution < -0.4 is 10.6 Å². The monoisotopic (exact) mass is 395 g/mol. The highest BCUT2D eigenvalue weighted by Crippen LogP contribution is 2.38. The van der Waals surface area contributed by atoms with Gasteiger partial charge in [0.15, 0.2) is 0 Å². The van der Waals surface area contributed by atoms with E-state index in [1.807, 2.05) is 0 Å². The number of carbonyl (C=O) groups excluding carboxylic acids is 1. The Bertz CT molecular complexity index is 759. The minimum atomic E-state index is -0.240. The second-order valence-electron chi connectivity index (χ2n) is 6.83. The number of nitrogens with zero attached hydrogens (tertiary/aromatic N) is 1. The average Bonchev–Trinajstić information content (AvgIpc) is 3.08. The van der Waals surface area contributed by atoms with E-state index in [0.29, 0.717) is 0 Å². The molecular weight excluding hydrogens is 373 g/mol. The summed E-state index contributed by atoms with van der Waals surface area (Å²) in [7, 11) is 0. The van der Waals surface area contributed by atoms with Gasteiger partial charge < -0.3 is 10.6 Å². The first-order valence-electron chi connectivity index (χ1n) is 8.97. The Labute approximate surface area is 163 Å². The molecule has 2 heterocycles. The smallest absolute Gasteiger partial charge is 0.224 e. The number of rotatable bonds is 3. The number of thiazole rings is 1. The van der Waals surface area contributed by atoms with Gasteiger partial charge in [-0.15, -0.1) is 23.7 Å². The molecule has 2 atom stereocenters. The van der Waals surface area contributed by atoms with Crippen LogP contribution in [-0.2, 0) is 11.2 Å². The summed E-state index contributed by atoms with van der Waals surface area (Å²) in [6.07, 6.45) is 4.97. The number of piperidine rings is 1. The van der Waals surface area contributed by atoms with E-state index in [1.54, 1.807) is 23.5 Å². The Kier molecular flexibility index (Phi) is 6.27. The topological polar surface area (TPSA) is 54.0 Å². The second kappa shape index (κ2) is 8.46. The SMILES string of the molecule is Cl.O=C(NC1CCCc2nc(-c3ccc(F)cc3)sc21)C1CCCNC1. The highest BCUT2D eigenvalue weighted by molar-refractivity contribution is 7.15. The fourth-order valence-electron chi connectivity index (χ4n) is 3.64. The summed E-state index contributed by atoms with van der Waals surface area (Å²) in [6.45, 7) is 1.78. The molecule has 2 N–H and O–H groups in total. The van der Waals surface area contributed by atoms with E-state index in [-0.39, 0.29) is 36.1 Å². The quantitative estimate of drug-likeness (QED) is 0.829. The summed E-state index contributed by atoms with van der Waals surface area (Å²) in [5, 5.41) is 7.46. The van der Waals surface area contributed by atoms with Gasteiger partial charge in [0.25, 0.3) is 0 Å². The van der Waals surface area contributed by atoms with Crippen molar-refractivity contribution in [1.82, 2.24) is 15.6 Å². The van der Waals surface area contributed by atoms with Gasteiger partial charge in [-0.3, -0.25) is 4.79 Å². The molecule has 26 heavy (non-hydrogen) atoms. The lowest BCUT2D eigenvalue weighted by molar-refractivity contribution is -0.126. The summed E-state index contributed by atoms with van der Waals surface area (Å²) in [6, 6.07) is 6.52. The van der Waals surface area contributed by atoms with Crippen molar-refractivity contribution in [2.75, 3.05) is 13.1 Å². The lowest BCUT2D eigenvalue weighted by Crippen LogP contribution is -2.42. The number of fused-ring (bicyclic) bond motifs is 1. The van der Waals surface area contributed by atoms with Gasteiger partial charge in [0.2, 0.25) is 5.91 Å². The Balaban J connectivity index is 0.00000196. The maximum Gasteiger partial charge on any atom is 0.224 e. The van der Waals surface area contributed by atoms with Crippen molar-refractivity contribution >= 4 is 29.7 Å². The highest BCUT2D eigenvalue weighted by atomic mass is 35.5. The van der Waals surface area contributed by atoms with E-state index in [0.717, 1.165) is 61.5 Å². The highest BCUT2D eigenvalue weighted by Gasteiger charge is 2.29. The molecule has 1 saturated heterocycles. The van der Waals surface area contributed by atoms with Crippen LogP contribution in [0.15, 0.2) is 24.3 Å². The lowest BCUT2D eigenvalue weighted by Gasteiger charge is -2.27. The number of aromatic nitrogens is 1. The molecule has 7 heteroatoms. The summed E-state index contributed by atoms with van der Waals surface area (Å²) in [4.78, 5) is 18.5. The molecule has 0 radical (unpaired) electrons. The second-order valence-corrected chi connectivity index (χ2v) is 7.86. The minimum Gasteiger partial charge on any atom is -0.348 e. The van der Waals surface area contributed by atoms with Gasteiger partial charge >= 0.3 is 0 Å². The lowest BCUT2D eigenvalue weighted by atomic mass is 9.95. The Morgan fingerprint density at radius 1 is 1.23 bits per heavy atom. The molecule has 1 amide bonds. The molecule has 1 aromatic heterocycles. The van der Waals surface area contributed by atoms with E-state index in [1.165, 1.54) is 17.0 Å². The third kappa shape index (κ3) is 4.08. The molecule has 1 aromatic carbocycles. The summed E-state index contributed by atoms with van der Waals surface area (Å²) >= 11 is 1.63. The van der Waals surface area contributed by atoms with Crippen LogP contribution in [0, 0.1) is 11.7 Å². The summed E-state index contributed by atoms with van der Waals surface area (Å²) in [5.41, 5.74) is 2.02. The molecule has 0 saturated carbocycles. The van der Waals surface area contributed by atoms with Gasteiger partial charge in [-0.2, -0.15) is 0 Å². The van der Waals surface area contributed by atoms with E-state index >= 15 is 0 Å². The largest absolute Gasteiger partial charge is 0.348 e. The van der Waals surface area contributed by atoms with Crippen LogP contribution in [-0.4, -0.2) is 24.0 Å². The van der Waals surface area contributed by atoms with Gasteiger partial charge in [0.05, 0.1) is 22.5 Å². The molecule has 4 rings (SSSR count). The summed E-state index contributed by atoms with van der Waals surface area (Å²) < 4.78 is 13.1. The fraction of sp³-hybridized carbons (Fsp3) is 0.474. The van der Waals surface area contributed by atoms with Crippen molar-refractivity contribution < 1.29 is 9.18 Å². The molecule has 2 unspecified atom stereocenters. The zero-order valence-electron chi connectivity index (χ0n) is 14.5. The number of aryl methyl sites for hydroxylation is 1. The predicted molar refractivity (Wildman–Crippen MR) is 104 cm³/mol. The fourth-order valence-corrected chi connectivity index (χ4v) is 4.84. The molecule has 1 aliphatic heterocycles. The number of amides is 1. The standard InChI is InChI=1S/C19H22FN3OS.ClH/c20-14-8-6-12(7-9-14)19-23-16-5-1-4-15(17(16)25-19)22-18(24)13-3-2-10-21-11-13;/h6-9,13,15,21H,1-5,10-11H2,(H,22,24);1H. The van der Waals surface area contributed by atoms with Crippen molar-refractivity contribution in [3.05, 3.63) is 40.7 Å². The van der Waals surface area contributed by atoms with Gasteiger partial charge in [-0.1, -0.05) is 0 Å². The molecular formula is C19H23ClFN3OS. The third-order valence-electron chi connectivity index (χ3n) is 5.03. The number of halogens is 2. The molecule has 1 aliphatic carbocycles. The predicted octanol–water partition coefficient (Wildman–Crippen LogP) is 3.86. The molecule has 0 bridgehead atoms. The van der Waals surface area contributed by atoms with Crippen molar-refractivity contribution in [1.29, 1.82) is 0 Å². The van der Waals surface area contributed by atoms with Gasteiger partial charge in [0.1, 0.15) is 10.8 Å². The van der Waals surface area contributed by atoms with Gasteiger partial charge in [-0.25, -0.2) is 9.37 Å². The van der Waals surface area contributed by atoms with Crippen LogP contribution in [0.2, 0.25) is 0 Å². The van der Waals surface area contributed by atoms with Gasteiger partial charge in [0, 0.05) is 12.1 Å². The van der Waals surface area contributed by atoms with Crippen LogP contribution >= 0.6 is 23.7 Å². The number of hydrogen-bond donors (Lipinski definition) is 2. The van der Waals surface area contributed by atoms with Crippen molar-refractivity contribution in [3.63, 3.8) is 0 Å². The zero-order valence-corrected chi connectivity index (χ0v) is 16.1. The van der Waals surface area contributed by atoms with E-state index in [9.17, 15) is 9.18 Å². The first kappa shape index (κ1) is 19.3. The third-order valence-corrected chi connectivity index (χ3v) is 6.29. The van der Waals surface area contributed by atoms with Crippen LogP contribution in [0.4, 0.5) is 4.39 Å². The Morgan fingerprint density at radius 3 is 2.77 bits per heavy atom. The Morgan fingerprint density at radius 2 is 2.04 bits per heavy atom. The van der Waals surface area contributed by atoms with Crippen LogP contribution in [0.25, 0.3) is 10.6 Å². The van der Waals surface area contributed by atoms with Crippen LogP contribution in [0.3, 0.4) is 0 Å². The van der Waals surface area contributed by atoms with E-state index in [2.05, 4.69) is 10.6 Å². The molecule has 2 aliphatic rings. The molecule has 0 spiro atoms. The minimum absolute atomic E-state index is 0. The average molecular weight is 396 g/mol. The van der Waals surface area contributed by atoms with Crippen LogP contribution in [0.5, 0.6) is 0 Å². The Hall–Kier alpha value is -1.50. The zero-order chi connectivity index (χ0) is 17.2. The summed E-state index contributed by atoms with van der Waals surface area (Å²) in [5.74, 6) is -0.0123. The first-order valence-corrected chi connectivity index (χ1v) is 9.79. The van der Waals surface area contributed by atoms with Crippen LogP contribution in [0.1, 0.15) is 42.3 Å². The number of hydrogen-bond acceptors (Lipinski definition) is 4. The molecule has 1 fully saturated rings. The molecule has 140 valence electrons. The maximum absolute atomic E-state index is 13.1. The number of benzene rings is 1. The van der Waals surface area contributed by atoms with E-state index < -0.39 is 0 Å². The first-order chi connectivity index (χ1) is 12.2.